The molecule has 8 heteroatoms. The van der Waals surface area contributed by atoms with Crippen LogP contribution in [0.4, 0.5) is 0 Å². The van der Waals surface area contributed by atoms with E-state index >= 15 is 0 Å². The molecule has 2 saturated carbocycles. The van der Waals surface area contributed by atoms with Gasteiger partial charge in [-0.2, -0.15) is 0 Å². The molecule has 0 aromatic rings. The molecule has 0 spiro atoms. The number of fused-ring (bicyclic) bond motifs is 1. The largest absolute Gasteiger partial charge is 0.387 e. The Morgan fingerprint density at radius 1 is 1.26 bits per heavy atom. The third-order valence-electron chi connectivity index (χ3n) is 9.35. The first-order valence-corrected chi connectivity index (χ1v) is 14.3. The fraction of sp³-hybridized carbons (Fsp3) is 0.731. The highest BCUT2D eigenvalue weighted by Gasteiger charge is 2.62. The molecule has 2 aliphatic carbocycles. The van der Waals surface area contributed by atoms with E-state index in [2.05, 4.69) is 17.9 Å². The van der Waals surface area contributed by atoms with Gasteiger partial charge in [0.05, 0.1) is 27.4 Å². The molecule has 5 aliphatic rings. The number of halogens is 2. The number of carbonyl (C=O) groups excluding carboxylic acids is 1. The number of aliphatic imine (C=N–C) groups is 2. The molecule has 0 bridgehead atoms. The molecule has 0 aromatic carbocycles. The second-order valence-corrected chi connectivity index (χ2v) is 13.4. The van der Waals surface area contributed by atoms with E-state index in [1.165, 1.54) is 19.3 Å². The number of hydrogen-bond acceptors (Lipinski definition) is 5. The maximum Gasteiger partial charge on any atom is 0.143 e. The third-order valence-corrected chi connectivity index (χ3v) is 11.4. The number of amidine groups is 2. The van der Waals surface area contributed by atoms with Crippen molar-refractivity contribution in [1.29, 1.82) is 0 Å². The standard InChI is InChI=1S/C26H36Cl2N4OS/c1-13-9-25(13,18-6-7-18)23(28)16(4)30-17(5)32-10-20-22(33)14(2)15(3)24(29)31-26(20,12-32)19-8-21(27)34-11-19/h8,13-15,18-20H,6-7,9-12H2,1-5H3,(H2,29,31)/b23-16+,30-17?/t13?,14?,15?,19?,20-,25?,26+/m0/s1. The minimum absolute atomic E-state index is 0.0603. The highest BCUT2D eigenvalue weighted by atomic mass is 35.5. The molecule has 186 valence electrons. The second kappa shape index (κ2) is 8.55. The Morgan fingerprint density at radius 2 is 1.94 bits per heavy atom. The first kappa shape index (κ1) is 24.7. The number of rotatable bonds is 4. The van der Waals surface area contributed by atoms with Crippen LogP contribution in [0.2, 0.25) is 0 Å². The fourth-order valence-corrected chi connectivity index (χ4v) is 8.47. The molecular weight excluding hydrogens is 487 g/mol. The highest BCUT2D eigenvalue weighted by molar-refractivity contribution is 8.04. The summed E-state index contributed by atoms with van der Waals surface area (Å²) in [4.78, 5) is 26.0. The summed E-state index contributed by atoms with van der Waals surface area (Å²) < 4.78 is 0.781. The van der Waals surface area contributed by atoms with Gasteiger partial charge in [-0.3, -0.25) is 9.79 Å². The van der Waals surface area contributed by atoms with Gasteiger partial charge in [0.1, 0.15) is 11.6 Å². The van der Waals surface area contributed by atoms with Crippen LogP contribution in [0.3, 0.4) is 0 Å². The van der Waals surface area contributed by atoms with Crippen molar-refractivity contribution in [2.75, 3.05) is 18.8 Å². The molecule has 1 saturated heterocycles. The lowest BCUT2D eigenvalue weighted by Gasteiger charge is -2.34. The maximum atomic E-state index is 13.7. The van der Waals surface area contributed by atoms with E-state index in [1.807, 2.05) is 27.7 Å². The molecular formula is C26H36Cl2N4OS. The summed E-state index contributed by atoms with van der Waals surface area (Å²) in [5.74, 6) is 3.50. The quantitative estimate of drug-likeness (QED) is 0.383. The van der Waals surface area contributed by atoms with E-state index in [4.69, 9.17) is 38.9 Å². The van der Waals surface area contributed by atoms with E-state index in [0.29, 0.717) is 24.8 Å². The Kier molecular flexibility index (Phi) is 6.21. The maximum absolute atomic E-state index is 13.7. The van der Waals surface area contributed by atoms with Crippen molar-refractivity contribution >= 4 is 52.4 Å². The monoisotopic (exact) mass is 522 g/mol. The molecule has 7 atom stereocenters. The number of thioether (sulfide) groups is 1. The summed E-state index contributed by atoms with van der Waals surface area (Å²) in [5, 5.41) is 0.938. The van der Waals surface area contributed by atoms with Gasteiger partial charge in [0.15, 0.2) is 0 Å². The Bertz CT molecular complexity index is 1030. The Hall–Kier alpha value is -0.980. The van der Waals surface area contributed by atoms with Gasteiger partial charge < -0.3 is 10.6 Å². The van der Waals surface area contributed by atoms with Gasteiger partial charge in [-0.1, -0.05) is 50.0 Å². The molecule has 0 amide bonds. The van der Waals surface area contributed by atoms with Crippen LogP contribution in [0.25, 0.3) is 0 Å². The summed E-state index contributed by atoms with van der Waals surface area (Å²) >= 11 is 15.0. The number of likely N-dealkylation sites (tertiary alicyclic amines) is 1. The van der Waals surface area contributed by atoms with Crippen molar-refractivity contribution in [2.24, 2.45) is 56.6 Å². The molecule has 3 fully saturated rings. The molecule has 3 aliphatic heterocycles. The van der Waals surface area contributed by atoms with Crippen molar-refractivity contribution < 1.29 is 4.79 Å². The second-order valence-electron chi connectivity index (χ2n) is 11.3. The Morgan fingerprint density at radius 3 is 2.50 bits per heavy atom. The van der Waals surface area contributed by atoms with Gasteiger partial charge in [-0.25, -0.2) is 4.99 Å². The van der Waals surface area contributed by atoms with Gasteiger partial charge >= 0.3 is 0 Å². The van der Waals surface area contributed by atoms with Gasteiger partial charge in [0, 0.05) is 47.0 Å². The first-order valence-electron chi connectivity index (χ1n) is 12.6. The molecule has 2 N–H and O–H groups in total. The van der Waals surface area contributed by atoms with Crippen LogP contribution in [0.15, 0.2) is 31.2 Å². The van der Waals surface area contributed by atoms with Crippen molar-refractivity contribution in [3.63, 3.8) is 0 Å². The summed E-state index contributed by atoms with van der Waals surface area (Å²) in [6.45, 7) is 11.6. The Labute approximate surface area is 217 Å². The molecule has 0 aromatic heterocycles. The van der Waals surface area contributed by atoms with Crippen LogP contribution in [-0.4, -0.2) is 46.7 Å². The zero-order valence-corrected chi connectivity index (χ0v) is 23.1. The summed E-state index contributed by atoms with van der Waals surface area (Å²) in [6.07, 6.45) is 5.80. The SMILES string of the molecule is CC(=N/C(C)=C(/Cl)C1(C2CC2)CC1C)N1C[C@H]2C(=O)C(C)C(C)C(N)=N[C@@]2(C2C=C(Cl)SC2)C1. The smallest absolute Gasteiger partial charge is 0.143 e. The van der Waals surface area contributed by atoms with Crippen LogP contribution in [0.5, 0.6) is 0 Å². The van der Waals surface area contributed by atoms with Gasteiger partial charge in [0.25, 0.3) is 0 Å². The van der Waals surface area contributed by atoms with E-state index in [0.717, 1.165) is 32.6 Å². The third kappa shape index (κ3) is 3.78. The minimum atomic E-state index is -0.609. The van der Waals surface area contributed by atoms with E-state index in [9.17, 15) is 4.79 Å². The summed E-state index contributed by atoms with van der Waals surface area (Å²) in [7, 11) is 0. The van der Waals surface area contributed by atoms with Gasteiger partial charge in [0.2, 0.25) is 0 Å². The number of nitrogens with zero attached hydrogens (tertiary/aromatic N) is 3. The predicted molar refractivity (Wildman–Crippen MR) is 143 cm³/mol. The number of Topliss-reactive ketones (excluding diaryl/α,β-unsaturated/α-hetero) is 1. The van der Waals surface area contributed by atoms with E-state index in [-0.39, 0.29) is 34.9 Å². The Balaban J connectivity index is 1.49. The van der Waals surface area contributed by atoms with Crippen molar-refractivity contribution in [3.05, 3.63) is 21.2 Å². The molecule has 3 heterocycles. The number of nitrogens with two attached hydrogens (primary N) is 1. The molecule has 5 nitrogen and oxygen atoms in total. The number of allylic oxidation sites excluding steroid dienone is 2. The zero-order valence-electron chi connectivity index (χ0n) is 20.8. The average Bonchev–Trinajstić information content (AvgIpc) is 3.68. The highest BCUT2D eigenvalue weighted by Crippen LogP contribution is 2.70. The lowest BCUT2D eigenvalue weighted by molar-refractivity contribution is -0.128. The summed E-state index contributed by atoms with van der Waals surface area (Å²) in [6, 6.07) is 0. The topological polar surface area (TPSA) is 71.0 Å². The first-order chi connectivity index (χ1) is 16.0. The predicted octanol–water partition coefficient (Wildman–Crippen LogP) is 5.64. The normalized spacial score (nSPS) is 43.3. The minimum Gasteiger partial charge on any atom is -0.387 e. The van der Waals surface area contributed by atoms with Crippen molar-refractivity contribution in [3.8, 4) is 0 Å². The van der Waals surface area contributed by atoms with Crippen LogP contribution in [0.1, 0.15) is 53.9 Å². The number of ketones is 1. The van der Waals surface area contributed by atoms with Crippen LogP contribution >= 0.6 is 35.0 Å². The van der Waals surface area contributed by atoms with Crippen LogP contribution in [0, 0.1) is 40.9 Å². The van der Waals surface area contributed by atoms with E-state index in [1.54, 1.807) is 11.8 Å². The average molecular weight is 524 g/mol. The molecule has 34 heavy (non-hydrogen) atoms. The van der Waals surface area contributed by atoms with Gasteiger partial charge in [-0.15, -0.1) is 11.8 Å². The van der Waals surface area contributed by atoms with Crippen molar-refractivity contribution in [1.82, 2.24) is 4.90 Å². The molecule has 5 rings (SSSR count). The fourth-order valence-electron chi connectivity index (χ4n) is 6.69. The van der Waals surface area contributed by atoms with Crippen molar-refractivity contribution in [2.45, 2.75) is 59.4 Å². The van der Waals surface area contributed by atoms with Crippen LogP contribution < -0.4 is 5.73 Å². The number of hydrogen-bond donors (Lipinski definition) is 1. The van der Waals surface area contributed by atoms with E-state index < -0.39 is 5.54 Å². The van der Waals surface area contributed by atoms with Crippen LogP contribution in [-0.2, 0) is 4.79 Å². The lowest BCUT2D eigenvalue weighted by Crippen LogP contribution is -2.47. The summed E-state index contributed by atoms with van der Waals surface area (Å²) in [5.41, 5.74) is 6.93. The van der Waals surface area contributed by atoms with Gasteiger partial charge in [-0.05, 0) is 44.9 Å². The molecule has 0 radical (unpaired) electrons. The molecule has 5 unspecified atom stereocenters. The number of carbonyl (C=O) groups is 1. The lowest BCUT2D eigenvalue weighted by atomic mass is 9.73. The zero-order chi connectivity index (χ0) is 24.6.